The van der Waals surface area contributed by atoms with Crippen molar-refractivity contribution in [2.75, 3.05) is 0 Å². The zero-order chi connectivity index (χ0) is 5.91. The summed E-state index contributed by atoms with van der Waals surface area (Å²) < 4.78 is 0. The molecule has 0 fully saturated rings. The summed E-state index contributed by atoms with van der Waals surface area (Å²) in [6.45, 7) is 9.28. The van der Waals surface area contributed by atoms with Gasteiger partial charge in [-0.05, 0) is 0 Å². The third-order valence-corrected chi connectivity index (χ3v) is 2.45. The van der Waals surface area contributed by atoms with Crippen LogP contribution in [0, 0.1) is 6.04 Å². The predicted molar refractivity (Wildman–Crippen MR) is 37.9 cm³/mol. The Kier molecular flexibility index (Phi) is 6.77. The van der Waals surface area contributed by atoms with E-state index in [1.54, 1.807) is 0 Å². The van der Waals surface area contributed by atoms with Crippen LogP contribution in [0.5, 0.6) is 0 Å². The van der Waals surface area contributed by atoms with Crippen LogP contribution in [0.3, 0.4) is 0 Å². The van der Waals surface area contributed by atoms with Crippen molar-refractivity contribution in [2.24, 2.45) is 0 Å². The Morgan fingerprint density at radius 1 is 1.25 bits per heavy atom. The molecule has 0 spiro atoms. The number of hydrogen-bond donors (Lipinski definition) is 0. The molecule has 0 aliphatic carbocycles. The van der Waals surface area contributed by atoms with E-state index in [1.165, 1.54) is 6.42 Å². The van der Waals surface area contributed by atoms with E-state index >= 15 is 0 Å². The van der Waals surface area contributed by atoms with Gasteiger partial charge in [-0.3, -0.25) is 0 Å². The maximum atomic E-state index is 2.45. The largest absolute Gasteiger partial charge is 1.00 e. The predicted octanol–water partition coefficient (Wildman–Crippen LogP) is -0.518. The van der Waals surface area contributed by atoms with E-state index in [0.717, 1.165) is 0 Å². The molecule has 0 aromatic heterocycles. The molecule has 0 saturated heterocycles. The van der Waals surface area contributed by atoms with Gasteiger partial charge in [0.05, 0.1) is 0 Å². The van der Waals surface area contributed by atoms with Crippen molar-refractivity contribution >= 4 is 8.07 Å². The van der Waals surface area contributed by atoms with Crippen molar-refractivity contribution in [2.45, 2.75) is 33.0 Å². The fourth-order valence-corrected chi connectivity index (χ4v) is 1.84. The Bertz CT molecular complexity index is 47.0. The zero-order valence-corrected chi connectivity index (χ0v) is 7.78. The molecule has 2 heteroatoms. The van der Waals surface area contributed by atoms with E-state index in [0.29, 0.717) is 0 Å². The maximum Gasteiger partial charge on any atom is 1.00 e. The van der Waals surface area contributed by atoms with E-state index in [9.17, 15) is 0 Å². The van der Waals surface area contributed by atoms with E-state index in [1.807, 2.05) is 0 Å². The molecule has 0 N–H and O–H groups in total. The molecule has 0 rings (SSSR count). The minimum Gasteiger partial charge on any atom is -0.328 e. The smallest absolute Gasteiger partial charge is 0.328 e. The zero-order valence-electron chi connectivity index (χ0n) is 6.78. The minimum atomic E-state index is -0.782. The summed E-state index contributed by atoms with van der Waals surface area (Å²) in [6, 6.07) is 2.45. The third-order valence-electron chi connectivity index (χ3n) is 0.816. The summed E-state index contributed by atoms with van der Waals surface area (Å²) in [7, 11) is -0.782. The molecule has 0 aliphatic rings. The quantitative estimate of drug-likeness (QED) is 0.341. The standard InChI is InChI=1S/C6H15Si.Li/c1-5-6-7(2,3)4;/h6H,5H2,1-4H3;/q-1;+1. The van der Waals surface area contributed by atoms with Gasteiger partial charge in [-0.15, -0.1) is 8.07 Å². The van der Waals surface area contributed by atoms with Crippen LogP contribution in [-0.2, 0) is 0 Å². The Morgan fingerprint density at radius 3 is 1.62 bits per heavy atom. The molecule has 0 unspecified atom stereocenters. The van der Waals surface area contributed by atoms with Gasteiger partial charge in [0.15, 0.2) is 0 Å². The van der Waals surface area contributed by atoms with Gasteiger partial charge in [-0.2, -0.15) is 6.42 Å². The van der Waals surface area contributed by atoms with Crippen LogP contribution >= 0.6 is 0 Å². The van der Waals surface area contributed by atoms with E-state index in [-0.39, 0.29) is 18.9 Å². The topological polar surface area (TPSA) is 0 Å². The molecule has 0 aliphatic heterocycles. The van der Waals surface area contributed by atoms with E-state index in [2.05, 4.69) is 32.6 Å². The molecule has 0 bridgehead atoms. The average Bonchev–Trinajstić information content (AvgIpc) is 1.30. The first-order valence-electron chi connectivity index (χ1n) is 2.90. The minimum absolute atomic E-state index is 0. The number of hydrogen-bond acceptors (Lipinski definition) is 0. The molecule has 0 atom stereocenters. The summed E-state index contributed by atoms with van der Waals surface area (Å²) in [5.41, 5.74) is 0. The molecule has 0 saturated carbocycles. The van der Waals surface area contributed by atoms with Crippen molar-refractivity contribution in [1.29, 1.82) is 0 Å². The fourth-order valence-electron chi connectivity index (χ4n) is 0.612. The number of rotatable bonds is 2. The summed E-state index contributed by atoms with van der Waals surface area (Å²) >= 11 is 0. The van der Waals surface area contributed by atoms with Gasteiger partial charge in [0.2, 0.25) is 0 Å². The van der Waals surface area contributed by atoms with Crippen molar-refractivity contribution in [3.63, 3.8) is 0 Å². The molecular formula is C6H15LiSi. The van der Waals surface area contributed by atoms with Gasteiger partial charge in [0.1, 0.15) is 0 Å². The van der Waals surface area contributed by atoms with Crippen LogP contribution in [0.25, 0.3) is 0 Å². The van der Waals surface area contributed by atoms with E-state index < -0.39 is 8.07 Å². The van der Waals surface area contributed by atoms with Crippen LogP contribution < -0.4 is 18.9 Å². The molecular weight excluding hydrogens is 107 g/mol. The van der Waals surface area contributed by atoms with Gasteiger partial charge in [-0.1, -0.05) is 26.6 Å². The van der Waals surface area contributed by atoms with Crippen molar-refractivity contribution in [1.82, 2.24) is 0 Å². The third kappa shape index (κ3) is 9.94. The summed E-state index contributed by atoms with van der Waals surface area (Å²) in [6.07, 6.45) is 1.25. The normalized spacial score (nSPS) is 10.5. The van der Waals surface area contributed by atoms with Crippen molar-refractivity contribution in [3.05, 3.63) is 6.04 Å². The summed E-state index contributed by atoms with van der Waals surface area (Å²) in [4.78, 5) is 0. The Balaban J connectivity index is 0. The molecule has 0 amide bonds. The second-order valence-corrected chi connectivity index (χ2v) is 8.12. The van der Waals surface area contributed by atoms with Crippen LogP contribution in [0.4, 0.5) is 0 Å². The molecule has 44 valence electrons. The van der Waals surface area contributed by atoms with Gasteiger partial charge in [0.25, 0.3) is 0 Å². The monoisotopic (exact) mass is 122 g/mol. The second-order valence-electron chi connectivity index (χ2n) is 2.98. The molecule has 0 radical (unpaired) electrons. The summed E-state index contributed by atoms with van der Waals surface area (Å²) in [5.74, 6) is 0. The van der Waals surface area contributed by atoms with Crippen LogP contribution in [0.1, 0.15) is 13.3 Å². The van der Waals surface area contributed by atoms with Gasteiger partial charge in [0, 0.05) is 0 Å². The Labute approximate surface area is 66.2 Å². The van der Waals surface area contributed by atoms with Gasteiger partial charge < -0.3 is 6.04 Å². The van der Waals surface area contributed by atoms with Gasteiger partial charge >= 0.3 is 18.9 Å². The Morgan fingerprint density at radius 2 is 1.62 bits per heavy atom. The maximum absolute atomic E-state index is 2.45. The first kappa shape index (κ1) is 11.6. The van der Waals surface area contributed by atoms with Gasteiger partial charge in [-0.25, -0.2) is 0 Å². The first-order chi connectivity index (χ1) is 3.06. The van der Waals surface area contributed by atoms with Crippen LogP contribution in [0.15, 0.2) is 0 Å². The average molecular weight is 122 g/mol. The molecule has 0 aromatic rings. The second kappa shape index (κ2) is 4.67. The van der Waals surface area contributed by atoms with Crippen molar-refractivity contribution < 1.29 is 18.9 Å². The Hall–Kier alpha value is 0.814. The molecule has 0 heterocycles. The van der Waals surface area contributed by atoms with Crippen LogP contribution in [0.2, 0.25) is 19.6 Å². The molecule has 8 heavy (non-hydrogen) atoms. The first-order valence-corrected chi connectivity index (χ1v) is 6.48. The van der Waals surface area contributed by atoms with E-state index in [4.69, 9.17) is 0 Å². The molecule has 0 aromatic carbocycles. The van der Waals surface area contributed by atoms with Crippen molar-refractivity contribution in [3.8, 4) is 0 Å². The SMILES string of the molecule is CC[CH-][Si](C)(C)C.[Li+]. The molecule has 0 nitrogen and oxygen atoms in total. The summed E-state index contributed by atoms with van der Waals surface area (Å²) in [5, 5.41) is 0. The fraction of sp³-hybridized carbons (Fsp3) is 0.833. The van der Waals surface area contributed by atoms with Crippen LogP contribution in [-0.4, -0.2) is 8.07 Å².